The number of hydrogen-bond acceptors (Lipinski definition) is 5. The van der Waals surface area contributed by atoms with Crippen LogP contribution in [0.3, 0.4) is 0 Å². The van der Waals surface area contributed by atoms with E-state index in [1.165, 1.54) is 0 Å². The summed E-state index contributed by atoms with van der Waals surface area (Å²) in [5, 5.41) is 18.1. The molecule has 1 saturated heterocycles. The minimum Gasteiger partial charge on any atom is -0.387 e. The summed E-state index contributed by atoms with van der Waals surface area (Å²) in [6.45, 7) is 3.33. The van der Waals surface area contributed by atoms with Crippen LogP contribution in [0.25, 0.3) is 0 Å². The van der Waals surface area contributed by atoms with Gasteiger partial charge in [-0.3, -0.25) is 4.79 Å². The molecule has 1 aliphatic heterocycles. The molecule has 0 aromatic heterocycles. The molecule has 0 aromatic rings. The fourth-order valence-corrected chi connectivity index (χ4v) is 2.30. The van der Waals surface area contributed by atoms with Gasteiger partial charge in [-0.05, 0) is 13.8 Å². The van der Waals surface area contributed by atoms with Gasteiger partial charge in [0, 0.05) is 0 Å². The molecule has 2 rings (SSSR count). The summed E-state index contributed by atoms with van der Waals surface area (Å²) < 4.78 is 10.8. The maximum atomic E-state index is 11.4. The predicted molar refractivity (Wildman–Crippen MR) is 50.5 cm³/mol. The molecule has 1 saturated carbocycles. The van der Waals surface area contributed by atoms with Crippen molar-refractivity contribution in [3.63, 3.8) is 0 Å². The van der Waals surface area contributed by atoms with Gasteiger partial charge in [-0.25, -0.2) is 0 Å². The Morgan fingerprint density at radius 2 is 1.80 bits per heavy atom. The average molecular weight is 237 g/mol. The van der Waals surface area contributed by atoms with E-state index in [9.17, 15) is 15.0 Å². The average Bonchev–Trinajstić information content (AvgIpc) is 2.48. The van der Waals surface area contributed by atoms with Crippen molar-refractivity contribution in [1.29, 1.82) is 0 Å². The van der Waals surface area contributed by atoms with Crippen LogP contribution in [0.1, 0.15) is 13.8 Å². The van der Waals surface area contributed by atoms with E-state index in [0.29, 0.717) is 0 Å². The molecule has 0 spiro atoms. The van der Waals surface area contributed by atoms with Crippen LogP contribution in [0, 0.1) is 0 Å². The molecule has 1 heterocycles. The molecule has 86 valence electrons. The number of Topliss-reactive ketones (excluding diaryl/α,β-unsaturated/α-hetero) is 1. The number of fused-ring (bicyclic) bond motifs is 1. The molecule has 0 radical (unpaired) electrons. The Kier molecular flexibility index (Phi) is 2.56. The van der Waals surface area contributed by atoms with Crippen LogP contribution in [0.15, 0.2) is 0 Å². The molecule has 0 bridgehead atoms. The summed E-state index contributed by atoms with van der Waals surface area (Å²) in [5.41, 5.74) is 0. The summed E-state index contributed by atoms with van der Waals surface area (Å²) in [4.78, 5) is 11.4. The number of ether oxygens (including phenoxy) is 2. The molecule has 2 fully saturated rings. The van der Waals surface area contributed by atoms with E-state index in [1.807, 2.05) is 0 Å². The lowest BCUT2D eigenvalue weighted by Crippen LogP contribution is -2.58. The predicted octanol–water partition coefficient (Wildman–Crippen LogP) is -0.582. The number of carbonyl (C=O) groups is 1. The summed E-state index contributed by atoms with van der Waals surface area (Å²) in [5.74, 6) is -1.51. The van der Waals surface area contributed by atoms with E-state index in [1.54, 1.807) is 13.8 Å². The Morgan fingerprint density at radius 1 is 1.27 bits per heavy atom. The number of alkyl halides is 1. The Labute approximate surface area is 91.9 Å². The van der Waals surface area contributed by atoms with Gasteiger partial charge >= 0.3 is 0 Å². The third kappa shape index (κ3) is 1.68. The van der Waals surface area contributed by atoms with Gasteiger partial charge in [-0.2, -0.15) is 0 Å². The minimum atomic E-state index is -1.49. The monoisotopic (exact) mass is 236 g/mol. The molecule has 5 nitrogen and oxygen atoms in total. The smallest absolute Gasteiger partial charge is 0.184 e. The van der Waals surface area contributed by atoms with E-state index < -0.39 is 41.4 Å². The molecule has 0 aromatic carbocycles. The molecule has 2 aliphatic rings. The molecular weight excluding hydrogens is 224 g/mol. The standard InChI is InChI=1S/C9H13ClO5/c1-9(2)14-7-3(10)4(11)5(12)6(13)8(7)15-9/h3,5-8,12-13H,1-2H3/t3-,5+,6+,7+,8-/m0/s1. The Morgan fingerprint density at radius 3 is 2.40 bits per heavy atom. The summed E-state index contributed by atoms with van der Waals surface area (Å²) in [7, 11) is 0. The van der Waals surface area contributed by atoms with Gasteiger partial charge in [0.15, 0.2) is 11.6 Å². The highest BCUT2D eigenvalue weighted by atomic mass is 35.5. The van der Waals surface area contributed by atoms with Crippen LogP contribution in [0.2, 0.25) is 0 Å². The number of rotatable bonds is 0. The van der Waals surface area contributed by atoms with Crippen LogP contribution in [-0.4, -0.2) is 51.6 Å². The Hall–Kier alpha value is -0.200. The Bertz CT molecular complexity index is 292. The number of aliphatic hydroxyl groups is 2. The van der Waals surface area contributed by atoms with Crippen molar-refractivity contribution >= 4 is 17.4 Å². The van der Waals surface area contributed by atoms with Gasteiger partial charge < -0.3 is 19.7 Å². The van der Waals surface area contributed by atoms with Crippen LogP contribution >= 0.6 is 11.6 Å². The third-order valence-electron chi connectivity index (χ3n) is 2.68. The van der Waals surface area contributed by atoms with Crippen molar-refractivity contribution < 1.29 is 24.5 Å². The van der Waals surface area contributed by atoms with E-state index in [-0.39, 0.29) is 0 Å². The second kappa shape index (κ2) is 3.40. The van der Waals surface area contributed by atoms with Crippen molar-refractivity contribution in [1.82, 2.24) is 0 Å². The van der Waals surface area contributed by atoms with E-state index >= 15 is 0 Å². The van der Waals surface area contributed by atoms with Gasteiger partial charge in [0.25, 0.3) is 0 Å². The van der Waals surface area contributed by atoms with Crippen LogP contribution < -0.4 is 0 Å². The first-order valence-corrected chi connectivity index (χ1v) is 5.17. The first-order valence-electron chi connectivity index (χ1n) is 4.73. The molecule has 1 aliphatic carbocycles. The fourth-order valence-electron chi connectivity index (χ4n) is 1.98. The maximum Gasteiger partial charge on any atom is 0.184 e. The number of ketones is 1. The number of hydrogen-bond donors (Lipinski definition) is 2. The van der Waals surface area contributed by atoms with Crippen molar-refractivity contribution in [3.8, 4) is 0 Å². The quantitative estimate of drug-likeness (QED) is 0.551. The minimum absolute atomic E-state index is 0.619. The second-order valence-corrected chi connectivity index (χ2v) is 4.77. The van der Waals surface area contributed by atoms with Crippen molar-refractivity contribution in [3.05, 3.63) is 0 Å². The maximum absolute atomic E-state index is 11.4. The van der Waals surface area contributed by atoms with Crippen LogP contribution in [0.5, 0.6) is 0 Å². The first kappa shape index (κ1) is 11.3. The summed E-state index contributed by atoms with van der Waals surface area (Å²) >= 11 is 5.83. The van der Waals surface area contributed by atoms with Crippen LogP contribution in [0.4, 0.5) is 0 Å². The van der Waals surface area contributed by atoms with E-state index in [4.69, 9.17) is 21.1 Å². The highest BCUT2D eigenvalue weighted by Crippen LogP contribution is 2.37. The molecule has 0 unspecified atom stereocenters. The zero-order chi connectivity index (χ0) is 11.4. The zero-order valence-electron chi connectivity index (χ0n) is 8.38. The number of carbonyl (C=O) groups excluding carboxylic acids is 1. The normalized spacial score (nSPS) is 49.1. The van der Waals surface area contributed by atoms with Crippen molar-refractivity contribution in [2.24, 2.45) is 0 Å². The second-order valence-electron chi connectivity index (χ2n) is 4.30. The molecular formula is C9H13ClO5. The fraction of sp³-hybridized carbons (Fsp3) is 0.889. The van der Waals surface area contributed by atoms with Gasteiger partial charge in [-0.1, -0.05) is 0 Å². The highest BCUT2D eigenvalue weighted by molar-refractivity contribution is 6.32. The topological polar surface area (TPSA) is 76.0 Å². The third-order valence-corrected chi connectivity index (χ3v) is 3.14. The highest BCUT2D eigenvalue weighted by Gasteiger charge is 2.56. The number of aliphatic hydroxyl groups excluding tert-OH is 2. The Balaban J connectivity index is 2.27. The van der Waals surface area contributed by atoms with Crippen molar-refractivity contribution in [2.45, 2.75) is 49.4 Å². The lowest BCUT2D eigenvalue weighted by atomic mass is 9.88. The number of halogens is 1. The largest absolute Gasteiger partial charge is 0.387 e. The van der Waals surface area contributed by atoms with E-state index in [0.717, 1.165) is 0 Å². The molecule has 6 heteroatoms. The van der Waals surface area contributed by atoms with Crippen LogP contribution in [-0.2, 0) is 14.3 Å². The van der Waals surface area contributed by atoms with Crippen molar-refractivity contribution in [2.75, 3.05) is 0 Å². The van der Waals surface area contributed by atoms with Gasteiger partial charge in [-0.15, -0.1) is 11.6 Å². The van der Waals surface area contributed by atoms with E-state index in [2.05, 4.69) is 0 Å². The SMILES string of the molecule is CC1(C)O[C@H]2[C@H](O)[C@H](O)C(=O)[C@H](Cl)[C@H]2O1. The van der Waals surface area contributed by atoms with Gasteiger partial charge in [0.2, 0.25) is 0 Å². The lowest BCUT2D eigenvalue weighted by Gasteiger charge is -2.33. The molecule has 15 heavy (non-hydrogen) atoms. The van der Waals surface area contributed by atoms with Gasteiger partial charge in [0.05, 0.1) is 0 Å². The molecule has 5 atom stereocenters. The van der Waals surface area contributed by atoms with Gasteiger partial charge in [0.1, 0.15) is 29.8 Å². The zero-order valence-corrected chi connectivity index (χ0v) is 9.14. The first-order chi connectivity index (χ1) is 6.83. The molecule has 0 amide bonds. The lowest BCUT2D eigenvalue weighted by molar-refractivity contribution is -0.162. The summed E-state index contributed by atoms with van der Waals surface area (Å²) in [6.07, 6.45) is -4.23. The molecule has 2 N–H and O–H groups in total. The summed E-state index contributed by atoms with van der Waals surface area (Å²) in [6, 6.07) is 0.